The van der Waals surface area contributed by atoms with E-state index in [-0.39, 0.29) is 97.9 Å². The lowest BCUT2D eigenvalue weighted by Crippen LogP contribution is -2.38. The first kappa shape index (κ1) is 51.2. The van der Waals surface area contributed by atoms with Crippen LogP contribution in [0.4, 0.5) is 0 Å². The lowest BCUT2D eigenvalue weighted by atomic mass is 9.87. The molecular weight excluding hydrogens is 937 g/mol. The van der Waals surface area contributed by atoms with E-state index >= 15 is 0 Å². The molecule has 4 aromatic carbocycles. The second-order valence-electron chi connectivity index (χ2n) is 21.2. The van der Waals surface area contributed by atoms with Crippen LogP contribution in [0.25, 0.3) is 0 Å². The van der Waals surface area contributed by atoms with Crippen molar-refractivity contribution in [2.24, 2.45) is 0 Å². The van der Waals surface area contributed by atoms with Gasteiger partial charge in [0, 0.05) is 26.2 Å². The first-order chi connectivity index (χ1) is 31.8. The summed E-state index contributed by atoms with van der Waals surface area (Å²) in [6, 6.07) is 16.9. The van der Waals surface area contributed by atoms with Crippen LogP contribution in [0.3, 0.4) is 0 Å². The number of nitrogens with one attached hydrogen (secondary N) is 4. The molecule has 3 heterocycles. The van der Waals surface area contributed by atoms with Crippen LogP contribution in [0.2, 0.25) is 0 Å². The maximum atomic E-state index is 13.5. The van der Waals surface area contributed by atoms with Crippen molar-refractivity contribution >= 4 is 70.7 Å². The van der Waals surface area contributed by atoms with Crippen molar-refractivity contribution in [3.8, 4) is 23.0 Å². The molecular formula is C52H64N4O8S4. The second-order valence-corrected chi connectivity index (χ2v) is 25.5. The Kier molecular flexibility index (Phi) is 15.3. The van der Waals surface area contributed by atoms with Crippen LogP contribution >= 0.6 is 47.0 Å². The number of rotatable bonds is 0. The minimum absolute atomic E-state index is 0.189. The quantitative estimate of drug-likeness (QED) is 0.117. The molecule has 364 valence electrons. The van der Waals surface area contributed by atoms with Gasteiger partial charge in [0.1, 0.15) is 23.0 Å². The van der Waals surface area contributed by atoms with Gasteiger partial charge in [-0.05, 0) is 92.4 Å². The fourth-order valence-electron chi connectivity index (χ4n) is 7.25. The molecule has 0 saturated carbocycles. The third-order valence-electron chi connectivity index (χ3n) is 11.4. The van der Waals surface area contributed by atoms with E-state index in [0.717, 1.165) is 61.4 Å². The molecule has 0 fully saturated rings. The summed E-state index contributed by atoms with van der Waals surface area (Å²) in [5.74, 6) is 0.602. The van der Waals surface area contributed by atoms with Crippen LogP contribution < -0.4 is 40.2 Å². The van der Waals surface area contributed by atoms with E-state index < -0.39 is 0 Å². The third kappa shape index (κ3) is 12.6. The number of hydrogen-bond donors (Lipinski definition) is 4. The average molecular weight is 1000 g/mol. The van der Waals surface area contributed by atoms with E-state index in [1.807, 2.05) is 0 Å². The minimum atomic E-state index is -0.341. The van der Waals surface area contributed by atoms with Crippen LogP contribution in [0.15, 0.2) is 87.7 Å². The Balaban J connectivity index is 1.65. The molecule has 0 radical (unpaired) electrons. The molecule has 12 nitrogen and oxygen atoms in total. The van der Waals surface area contributed by atoms with E-state index in [0.29, 0.717) is 23.0 Å². The number of hydrogen-bond acceptors (Lipinski definition) is 12. The maximum Gasteiger partial charge on any atom is 0.258 e. The van der Waals surface area contributed by atoms with Crippen LogP contribution in [-0.4, -0.2) is 76.2 Å². The Morgan fingerprint density at radius 3 is 0.632 bits per heavy atom. The summed E-state index contributed by atoms with van der Waals surface area (Å²) in [4.78, 5) is 59.8. The zero-order valence-corrected chi connectivity index (χ0v) is 44.4. The molecule has 0 atom stereocenters. The highest BCUT2D eigenvalue weighted by atomic mass is 32.2. The normalized spacial score (nSPS) is 16.9. The lowest BCUT2D eigenvalue weighted by Gasteiger charge is -2.28. The van der Waals surface area contributed by atoms with Gasteiger partial charge in [-0.15, -0.1) is 0 Å². The Morgan fingerprint density at radius 1 is 0.324 bits per heavy atom. The Bertz CT molecular complexity index is 2270. The molecule has 7 rings (SSSR count). The molecule has 4 N–H and O–H groups in total. The van der Waals surface area contributed by atoms with Gasteiger partial charge in [0.05, 0.1) is 39.2 Å². The summed E-state index contributed by atoms with van der Waals surface area (Å²) >= 11 is 5.81. The lowest BCUT2D eigenvalue weighted by molar-refractivity contribution is -0.124. The molecule has 68 heavy (non-hydrogen) atoms. The van der Waals surface area contributed by atoms with Crippen molar-refractivity contribution in [3.05, 3.63) is 70.8 Å². The highest BCUT2D eigenvalue weighted by Crippen LogP contribution is 2.56. The van der Waals surface area contributed by atoms with E-state index in [1.54, 1.807) is 0 Å². The molecule has 4 aromatic rings. The van der Waals surface area contributed by atoms with Gasteiger partial charge in [-0.25, -0.2) is 0 Å². The van der Waals surface area contributed by atoms with E-state index in [9.17, 15) is 19.2 Å². The van der Waals surface area contributed by atoms with E-state index in [2.05, 4.69) is 153 Å². The van der Waals surface area contributed by atoms with Crippen LogP contribution in [0.5, 0.6) is 23.0 Å². The summed E-state index contributed by atoms with van der Waals surface area (Å²) in [5, 5.41) is 11.5. The molecule has 3 aliphatic rings. The van der Waals surface area contributed by atoms with Gasteiger partial charge in [-0.1, -0.05) is 130 Å². The first-order valence-corrected chi connectivity index (χ1v) is 26.1. The number of ether oxygens (including phenoxy) is 4. The van der Waals surface area contributed by atoms with E-state index in [1.165, 1.54) is 47.0 Å². The molecule has 16 heteroatoms. The Labute approximate surface area is 418 Å². The highest BCUT2D eigenvalue weighted by Gasteiger charge is 2.31. The molecule has 0 spiro atoms. The summed E-state index contributed by atoms with van der Waals surface area (Å²) in [7, 11) is 0. The van der Waals surface area contributed by atoms with Crippen molar-refractivity contribution in [2.45, 2.75) is 144 Å². The fraction of sp³-hybridized carbons (Fsp3) is 0.462. The SMILES string of the molecule is CC(C)(C)c1cc2c3c(c1)Sc1cc(C(C)(C)C)cc4c1OCC(=O)NCCNC(=O)COc1c(cc(C(C)(C)C)cc1Sc1cc(C(C)(C)C)cc(c1OCC(=O)NCCNC(=O)CO3)S2)S4. The van der Waals surface area contributed by atoms with Gasteiger partial charge in [0.25, 0.3) is 23.6 Å². The van der Waals surface area contributed by atoms with Gasteiger partial charge >= 0.3 is 0 Å². The molecule has 0 saturated heterocycles. The van der Waals surface area contributed by atoms with Crippen LogP contribution in [-0.2, 0) is 40.8 Å². The predicted molar refractivity (Wildman–Crippen MR) is 271 cm³/mol. The molecule has 0 unspecified atom stereocenters. The van der Waals surface area contributed by atoms with Gasteiger partial charge in [-0.2, -0.15) is 0 Å². The second kappa shape index (κ2) is 20.4. The summed E-state index contributed by atoms with van der Waals surface area (Å²) in [5.41, 5.74) is 2.75. The van der Waals surface area contributed by atoms with E-state index in [4.69, 9.17) is 18.9 Å². The molecule has 0 aromatic heterocycles. The standard InChI is InChI=1S/C52H64N4O8S4/c1-49(2,3)29-17-33-45-37(21-29)67-38-22-31(51(7,8)9)19-35-47(38)63-27-43(59)55-15-16-56-44(60)28-64-48-36(66-35)20-32(52(10,11)12)24-40(48)68-39-23-30(50(4,5)6)18-34(65-33)46(39)62-26-42(58)54-14-13-53-41(57)25-61-45/h17-24H,13-16,25-28H2,1-12H3,(H,53,57)(H,54,58)(H,55,59)(H,56,60). The van der Waals surface area contributed by atoms with Crippen molar-refractivity contribution in [2.75, 3.05) is 52.6 Å². The summed E-state index contributed by atoms with van der Waals surface area (Å²) in [6.45, 7) is 25.5. The molecule has 3 aliphatic heterocycles. The van der Waals surface area contributed by atoms with Crippen LogP contribution in [0, 0.1) is 0 Å². The molecule has 12 bridgehead atoms. The number of benzene rings is 4. The van der Waals surface area contributed by atoms with Crippen molar-refractivity contribution in [1.82, 2.24) is 21.3 Å². The average Bonchev–Trinajstić information content (AvgIpc) is 3.23. The van der Waals surface area contributed by atoms with Crippen molar-refractivity contribution < 1.29 is 38.1 Å². The Morgan fingerprint density at radius 2 is 0.485 bits per heavy atom. The van der Waals surface area contributed by atoms with Gasteiger partial charge in [0.15, 0.2) is 26.4 Å². The predicted octanol–water partition coefficient (Wildman–Crippen LogP) is 9.80. The highest BCUT2D eigenvalue weighted by molar-refractivity contribution is 8.01. The molecule has 0 aliphatic carbocycles. The van der Waals surface area contributed by atoms with Gasteiger partial charge < -0.3 is 40.2 Å². The summed E-state index contributed by atoms with van der Waals surface area (Å²) < 4.78 is 26.8. The number of carbonyl (C=O) groups is 4. The maximum absolute atomic E-state index is 13.5. The van der Waals surface area contributed by atoms with Crippen molar-refractivity contribution in [3.63, 3.8) is 0 Å². The minimum Gasteiger partial charge on any atom is -0.481 e. The van der Waals surface area contributed by atoms with Gasteiger partial charge in [-0.3, -0.25) is 19.2 Å². The zero-order valence-electron chi connectivity index (χ0n) is 41.2. The third-order valence-corrected chi connectivity index (χ3v) is 15.5. The zero-order chi connectivity index (χ0) is 49.3. The fourth-order valence-corrected chi connectivity index (χ4v) is 12.0. The summed E-state index contributed by atoms with van der Waals surface area (Å²) in [6.07, 6.45) is 0. The smallest absolute Gasteiger partial charge is 0.258 e. The monoisotopic (exact) mass is 1000 g/mol. The largest absolute Gasteiger partial charge is 0.481 e. The van der Waals surface area contributed by atoms with Crippen molar-refractivity contribution in [1.29, 1.82) is 0 Å². The first-order valence-electron chi connectivity index (χ1n) is 22.9. The van der Waals surface area contributed by atoms with Crippen LogP contribution in [0.1, 0.15) is 105 Å². The number of amides is 4. The number of carbonyl (C=O) groups excluding carboxylic acids is 4. The van der Waals surface area contributed by atoms with Gasteiger partial charge in [0.2, 0.25) is 0 Å². The Hall–Kier alpha value is -4.64. The molecule has 4 amide bonds. The topological polar surface area (TPSA) is 153 Å².